The maximum absolute atomic E-state index is 12.5. The molecule has 2 heterocycles. The van der Waals surface area contributed by atoms with Gasteiger partial charge in [0, 0.05) is 29.2 Å². The third kappa shape index (κ3) is 3.18. The fourth-order valence-electron chi connectivity index (χ4n) is 2.34. The molecule has 1 aromatic heterocycles. The molecule has 0 bridgehead atoms. The van der Waals surface area contributed by atoms with Gasteiger partial charge in [-0.15, -0.1) is 11.3 Å². The third-order valence-corrected chi connectivity index (χ3v) is 7.16. The molecular formula is C13H18ClNO3S2. The second kappa shape index (κ2) is 5.31. The van der Waals surface area contributed by atoms with E-state index >= 15 is 0 Å². The zero-order valence-corrected chi connectivity index (χ0v) is 14.2. The van der Waals surface area contributed by atoms with E-state index in [4.69, 9.17) is 10.7 Å². The molecule has 1 saturated heterocycles. The van der Waals surface area contributed by atoms with E-state index in [0.717, 1.165) is 24.2 Å². The summed E-state index contributed by atoms with van der Waals surface area (Å²) < 4.78 is 22.9. The first-order valence-corrected chi connectivity index (χ1v) is 9.63. The van der Waals surface area contributed by atoms with Crippen molar-refractivity contribution in [1.29, 1.82) is 0 Å². The number of carbonyl (C=O) groups is 1. The lowest BCUT2D eigenvalue weighted by atomic mass is 9.82. The molecule has 112 valence electrons. The lowest BCUT2D eigenvalue weighted by molar-refractivity contribution is 0.0630. The molecule has 0 N–H and O–H groups in total. The quantitative estimate of drug-likeness (QED) is 0.779. The number of piperidine rings is 1. The summed E-state index contributed by atoms with van der Waals surface area (Å²) in [6.45, 7) is 7.45. The fourth-order valence-corrected chi connectivity index (χ4v) is 4.88. The molecule has 2 rings (SSSR count). The molecule has 0 aliphatic carbocycles. The van der Waals surface area contributed by atoms with Crippen molar-refractivity contribution < 1.29 is 13.2 Å². The van der Waals surface area contributed by atoms with Crippen molar-refractivity contribution in [3.63, 3.8) is 0 Å². The van der Waals surface area contributed by atoms with Gasteiger partial charge in [0.1, 0.15) is 4.21 Å². The van der Waals surface area contributed by atoms with Gasteiger partial charge in [-0.25, -0.2) is 8.42 Å². The van der Waals surface area contributed by atoms with Crippen LogP contribution in [0.3, 0.4) is 0 Å². The molecule has 0 atom stereocenters. The average molecular weight is 336 g/mol. The summed E-state index contributed by atoms with van der Waals surface area (Å²) in [5.41, 5.74) is 1.18. The lowest BCUT2D eigenvalue weighted by Crippen LogP contribution is -2.41. The minimum atomic E-state index is -3.78. The highest BCUT2D eigenvalue weighted by molar-refractivity contribution is 8.15. The summed E-state index contributed by atoms with van der Waals surface area (Å²) in [6, 6.07) is 0. The molecule has 0 spiro atoms. The van der Waals surface area contributed by atoms with Gasteiger partial charge in [0.2, 0.25) is 0 Å². The monoisotopic (exact) mass is 335 g/mol. The van der Waals surface area contributed by atoms with Gasteiger partial charge < -0.3 is 4.90 Å². The molecule has 1 aliphatic rings. The third-order valence-electron chi connectivity index (χ3n) is 3.85. The Kier molecular flexibility index (Phi) is 4.19. The van der Waals surface area contributed by atoms with Gasteiger partial charge in [0.25, 0.3) is 15.0 Å². The largest absolute Gasteiger partial charge is 0.339 e. The van der Waals surface area contributed by atoms with Crippen LogP contribution in [0.4, 0.5) is 0 Å². The van der Waals surface area contributed by atoms with Crippen LogP contribution < -0.4 is 0 Å². The average Bonchev–Trinajstić information content (AvgIpc) is 2.70. The van der Waals surface area contributed by atoms with E-state index in [2.05, 4.69) is 13.8 Å². The first kappa shape index (κ1) is 15.8. The van der Waals surface area contributed by atoms with E-state index in [1.165, 1.54) is 0 Å². The van der Waals surface area contributed by atoms with Crippen molar-refractivity contribution in [2.75, 3.05) is 13.1 Å². The fraction of sp³-hybridized carbons (Fsp3) is 0.615. The molecule has 1 aromatic rings. The lowest BCUT2D eigenvalue weighted by Gasteiger charge is -2.36. The molecular weight excluding hydrogens is 318 g/mol. The number of carbonyl (C=O) groups excluding carboxylic acids is 1. The molecule has 7 heteroatoms. The Balaban J connectivity index is 2.21. The van der Waals surface area contributed by atoms with Crippen LogP contribution in [0, 0.1) is 12.3 Å². The Hall–Kier alpha value is -0.590. The van der Waals surface area contributed by atoms with Crippen LogP contribution in [-0.2, 0) is 9.05 Å². The van der Waals surface area contributed by atoms with Gasteiger partial charge in [0.05, 0.1) is 5.56 Å². The van der Waals surface area contributed by atoms with E-state index in [1.54, 1.807) is 17.2 Å². The zero-order chi connectivity index (χ0) is 15.1. The van der Waals surface area contributed by atoms with Crippen LogP contribution in [0.2, 0.25) is 0 Å². The van der Waals surface area contributed by atoms with Crippen molar-refractivity contribution in [3.05, 3.63) is 16.5 Å². The molecule has 1 amide bonds. The van der Waals surface area contributed by atoms with Gasteiger partial charge in [-0.05, 0) is 30.7 Å². The first-order valence-electron chi connectivity index (χ1n) is 6.44. The zero-order valence-electron chi connectivity index (χ0n) is 11.8. The minimum Gasteiger partial charge on any atom is -0.339 e. The number of rotatable bonds is 2. The maximum Gasteiger partial charge on any atom is 0.271 e. The van der Waals surface area contributed by atoms with Crippen LogP contribution in [-0.4, -0.2) is 32.3 Å². The highest BCUT2D eigenvalue weighted by atomic mass is 35.7. The summed E-state index contributed by atoms with van der Waals surface area (Å²) in [5.74, 6) is -0.0965. The number of thiophene rings is 1. The summed E-state index contributed by atoms with van der Waals surface area (Å²) in [5, 5.41) is 1.59. The van der Waals surface area contributed by atoms with Crippen LogP contribution >= 0.6 is 22.0 Å². The molecule has 4 nitrogen and oxygen atoms in total. The Bertz CT molecular complexity index is 624. The van der Waals surface area contributed by atoms with Gasteiger partial charge in [-0.2, -0.15) is 0 Å². The predicted octanol–water partition coefficient (Wildman–Crippen LogP) is 3.25. The highest BCUT2D eigenvalue weighted by Gasteiger charge is 2.30. The number of hydrogen-bond donors (Lipinski definition) is 0. The molecule has 20 heavy (non-hydrogen) atoms. The Morgan fingerprint density at radius 3 is 2.35 bits per heavy atom. The first-order chi connectivity index (χ1) is 9.12. The van der Waals surface area contributed by atoms with Gasteiger partial charge in [0.15, 0.2) is 0 Å². The number of likely N-dealkylation sites (tertiary alicyclic amines) is 1. The van der Waals surface area contributed by atoms with E-state index in [9.17, 15) is 13.2 Å². The van der Waals surface area contributed by atoms with Crippen molar-refractivity contribution in [3.8, 4) is 0 Å². The minimum absolute atomic E-state index is 0.0693. The SMILES string of the molecule is Cc1c(C(=O)N2CCC(C)(C)CC2)csc1S(=O)(=O)Cl. The van der Waals surface area contributed by atoms with Crippen LogP contribution in [0.5, 0.6) is 0 Å². The molecule has 0 unspecified atom stereocenters. The molecule has 0 radical (unpaired) electrons. The van der Waals surface area contributed by atoms with Crippen LogP contribution in [0.1, 0.15) is 42.6 Å². The second-order valence-electron chi connectivity index (χ2n) is 5.96. The van der Waals surface area contributed by atoms with Crippen molar-refractivity contribution in [2.24, 2.45) is 5.41 Å². The molecule has 1 aliphatic heterocycles. The standard InChI is InChI=1S/C13H18ClNO3S2/c1-9-10(8-19-12(9)20(14,17)18)11(16)15-6-4-13(2,3)5-7-15/h8H,4-7H2,1-3H3. The summed E-state index contributed by atoms with van der Waals surface area (Å²) in [7, 11) is 1.59. The van der Waals surface area contributed by atoms with Gasteiger partial charge >= 0.3 is 0 Å². The normalized spacial score (nSPS) is 19.1. The highest BCUT2D eigenvalue weighted by Crippen LogP contribution is 2.33. The second-order valence-corrected chi connectivity index (χ2v) is 9.60. The van der Waals surface area contributed by atoms with E-state index in [1.807, 2.05) is 0 Å². The maximum atomic E-state index is 12.5. The summed E-state index contributed by atoms with van der Waals surface area (Å²) in [6.07, 6.45) is 1.92. The van der Waals surface area contributed by atoms with Crippen molar-refractivity contribution >= 4 is 37.0 Å². The van der Waals surface area contributed by atoms with Crippen molar-refractivity contribution in [1.82, 2.24) is 4.90 Å². The summed E-state index contributed by atoms with van der Waals surface area (Å²) in [4.78, 5) is 14.3. The van der Waals surface area contributed by atoms with E-state index < -0.39 is 9.05 Å². The van der Waals surface area contributed by atoms with Crippen LogP contribution in [0.15, 0.2) is 9.59 Å². The van der Waals surface area contributed by atoms with Crippen LogP contribution in [0.25, 0.3) is 0 Å². The Morgan fingerprint density at radius 2 is 1.90 bits per heavy atom. The predicted molar refractivity (Wildman–Crippen MR) is 81.0 cm³/mol. The Morgan fingerprint density at radius 1 is 1.35 bits per heavy atom. The number of nitrogens with zero attached hydrogens (tertiary/aromatic N) is 1. The number of halogens is 1. The smallest absolute Gasteiger partial charge is 0.271 e. The Labute approximate surface area is 128 Å². The van der Waals surface area contributed by atoms with Crippen molar-refractivity contribution in [2.45, 2.75) is 37.8 Å². The van der Waals surface area contributed by atoms with E-state index in [0.29, 0.717) is 24.2 Å². The molecule has 1 fully saturated rings. The molecule has 0 aromatic carbocycles. The van der Waals surface area contributed by atoms with Gasteiger partial charge in [-0.1, -0.05) is 13.8 Å². The number of amides is 1. The van der Waals surface area contributed by atoms with E-state index in [-0.39, 0.29) is 15.5 Å². The topological polar surface area (TPSA) is 54.5 Å². The summed E-state index contributed by atoms with van der Waals surface area (Å²) >= 11 is 1.01. The number of hydrogen-bond acceptors (Lipinski definition) is 4. The molecule has 0 saturated carbocycles. The van der Waals surface area contributed by atoms with Gasteiger partial charge in [-0.3, -0.25) is 4.79 Å².